The molecule has 6 nitrogen and oxygen atoms in total. The Balaban J connectivity index is 2.03. The number of alkyl halides is 2. The highest BCUT2D eigenvalue weighted by atomic mass is 35.5. The van der Waals surface area contributed by atoms with E-state index in [4.69, 9.17) is 27.6 Å². The van der Waals surface area contributed by atoms with Crippen molar-refractivity contribution in [3.63, 3.8) is 0 Å². The fourth-order valence-corrected chi connectivity index (χ4v) is 2.72. The zero-order valence-electron chi connectivity index (χ0n) is 14.4. The van der Waals surface area contributed by atoms with Gasteiger partial charge in [-0.25, -0.2) is 4.98 Å². The van der Waals surface area contributed by atoms with Gasteiger partial charge in [0.1, 0.15) is 11.5 Å². The Labute approximate surface area is 159 Å². The van der Waals surface area contributed by atoms with Crippen LogP contribution in [0.15, 0.2) is 21.5 Å². The highest BCUT2D eigenvalue weighted by Crippen LogP contribution is 2.33. The van der Waals surface area contributed by atoms with Gasteiger partial charge in [0.2, 0.25) is 5.89 Å². The SMILES string of the molecule is CN=C(NCc1nc(C)c(C)o1)NCc1cc(Cl)cc(Cl)c1OC(F)F. The summed E-state index contributed by atoms with van der Waals surface area (Å²) in [6.07, 6.45) is 0. The molecule has 0 saturated carbocycles. The Morgan fingerprint density at radius 2 is 1.96 bits per heavy atom. The van der Waals surface area contributed by atoms with Crippen LogP contribution in [0.25, 0.3) is 0 Å². The quantitative estimate of drug-likeness (QED) is 0.558. The fraction of sp³-hybridized carbons (Fsp3) is 0.375. The molecule has 0 spiro atoms. The molecule has 0 saturated heterocycles. The van der Waals surface area contributed by atoms with Crippen LogP contribution in [0.3, 0.4) is 0 Å². The monoisotopic (exact) mass is 406 g/mol. The van der Waals surface area contributed by atoms with Gasteiger partial charge in [-0.3, -0.25) is 4.99 Å². The van der Waals surface area contributed by atoms with Crippen molar-refractivity contribution in [2.24, 2.45) is 4.99 Å². The average molecular weight is 407 g/mol. The maximum Gasteiger partial charge on any atom is 0.387 e. The van der Waals surface area contributed by atoms with Gasteiger partial charge in [0.25, 0.3) is 0 Å². The van der Waals surface area contributed by atoms with Crippen LogP contribution in [0.4, 0.5) is 8.78 Å². The van der Waals surface area contributed by atoms with E-state index in [-0.39, 0.29) is 17.3 Å². The zero-order valence-corrected chi connectivity index (χ0v) is 15.9. The Kier molecular flexibility index (Phi) is 7.05. The normalized spacial score (nSPS) is 11.8. The van der Waals surface area contributed by atoms with Gasteiger partial charge in [-0.15, -0.1) is 0 Å². The minimum absolute atomic E-state index is 0.00304. The van der Waals surface area contributed by atoms with Crippen LogP contribution in [0.1, 0.15) is 22.9 Å². The van der Waals surface area contributed by atoms with Crippen molar-refractivity contribution >= 4 is 29.2 Å². The van der Waals surface area contributed by atoms with E-state index in [1.165, 1.54) is 12.1 Å². The van der Waals surface area contributed by atoms with E-state index >= 15 is 0 Å². The van der Waals surface area contributed by atoms with Gasteiger partial charge in [0, 0.05) is 24.2 Å². The number of guanidine groups is 1. The lowest BCUT2D eigenvalue weighted by Gasteiger charge is -2.15. The topological polar surface area (TPSA) is 71.7 Å². The van der Waals surface area contributed by atoms with Crippen LogP contribution in [0.2, 0.25) is 10.0 Å². The lowest BCUT2D eigenvalue weighted by Crippen LogP contribution is -2.36. The van der Waals surface area contributed by atoms with E-state index in [1.807, 2.05) is 13.8 Å². The minimum atomic E-state index is -3.00. The molecule has 0 aliphatic carbocycles. The van der Waals surface area contributed by atoms with Crippen LogP contribution in [-0.4, -0.2) is 24.6 Å². The van der Waals surface area contributed by atoms with Crippen LogP contribution in [0, 0.1) is 13.8 Å². The molecule has 2 aromatic rings. The molecule has 10 heteroatoms. The minimum Gasteiger partial charge on any atom is -0.444 e. The van der Waals surface area contributed by atoms with Gasteiger partial charge in [0.15, 0.2) is 5.96 Å². The summed E-state index contributed by atoms with van der Waals surface area (Å²) in [6, 6.07) is 2.83. The first-order valence-electron chi connectivity index (χ1n) is 7.60. The lowest BCUT2D eigenvalue weighted by molar-refractivity contribution is -0.0504. The molecule has 2 N–H and O–H groups in total. The van der Waals surface area contributed by atoms with E-state index < -0.39 is 6.61 Å². The van der Waals surface area contributed by atoms with Crippen molar-refractivity contribution in [3.05, 3.63) is 45.1 Å². The van der Waals surface area contributed by atoms with E-state index in [0.29, 0.717) is 29.0 Å². The summed E-state index contributed by atoms with van der Waals surface area (Å²) in [5.41, 5.74) is 1.18. The zero-order chi connectivity index (χ0) is 19.3. The highest BCUT2D eigenvalue weighted by Gasteiger charge is 2.16. The van der Waals surface area contributed by atoms with Crippen molar-refractivity contribution in [3.8, 4) is 5.75 Å². The first-order chi connectivity index (χ1) is 12.3. The predicted octanol–water partition coefficient (Wildman–Crippen LogP) is 4.06. The van der Waals surface area contributed by atoms with E-state index in [2.05, 4.69) is 25.3 Å². The van der Waals surface area contributed by atoms with Crippen LogP contribution >= 0.6 is 23.2 Å². The fourth-order valence-electron chi connectivity index (χ4n) is 2.14. The van der Waals surface area contributed by atoms with Crippen LogP contribution in [-0.2, 0) is 13.1 Å². The van der Waals surface area contributed by atoms with Crippen molar-refractivity contribution in [1.82, 2.24) is 15.6 Å². The summed E-state index contributed by atoms with van der Waals surface area (Å²) in [6.45, 7) is 1.10. The molecule has 26 heavy (non-hydrogen) atoms. The number of oxazole rings is 1. The van der Waals surface area contributed by atoms with E-state index in [9.17, 15) is 8.78 Å². The first-order valence-corrected chi connectivity index (χ1v) is 8.36. The number of nitrogens with zero attached hydrogens (tertiary/aromatic N) is 2. The van der Waals surface area contributed by atoms with Crippen molar-refractivity contribution in [1.29, 1.82) is 0 Å². The molecule has 0 aliphatic heterocycles. The van der Waals surface area contributed by atoms with E-state index in [0.717, 1.165) is 11.5 Å². The average Bonchev–Trinajstić information content (AvgIpc) is 2.88. The number of hydrogen-bond acceptors (Lipinski definition) is 4. The lowest BCUT2D eigenvalue weighted by atomic mass is 10.2. The molecule has 0 radical (unpaired) electrons. The largest absolute Gasteiger partial charge is 0.444 e. The number of aliphatic imine (C=N–C) groups is 1. The van der Waals surface area contributed by atoms with Gasteiger partial charge in [-0.1, -0.05) is 23.2 Å². The third-order valence-corrected chi connectivity index (χ3v) is 3.94. The summed E-state index contributed by atoms with van der Waals surface area (Å²) in [5.74, 6) is 1.54. The number of benzene rings is 1. The molecule has 0 aliphatic rings. The molecule has 1 aromatic carbocycles. The summed E-state index contributed by atoms with van der Waals surface area (Å²) in [7, 11) is 1.57. The molecule has 2 rings (SSSR count). The Bertz CT molecular complexity index is 777. The third kappa shape index (κ3) is 5.47. The summed E-state index contributed by atoms with van der Waals surface area (Å²) in [4.78, 5) is 8.31. The molecule has 0 unspecified atom stereocenters. The number of hydrogen-bond donors (Lipinski definition) is 2. The standard InChI is InChI=1S/C16H18Cl2F2N4O2/c1-8-9(2)25-13(24-8)7-23-16(21-3)22-6-10-4-11(17)5-12(18)14(10)26-15(19)20/h4-5,15H,6-7H2,1-3H3,(H2,21,22,23). The highest BCUT2D eigenvalue weighted by molar-refractivity contribution is 6.35. The molecule has 0 atom stereocenters. The first kappa shape index (κ1) is 20.3. The molecule has 1 heterocycles. The molecule has 0 bridgehead atoms. The number of aromatic nitrogens is 1. The number of rotatable bonds is 6. The predicted molar refractivity (Wildman–Crippen MR) is 96.1 cm³/mol. The van der Waals surface area contributed by atoms with Gasteiger partial charge < -0.3 is 19.8 Å². The van der Waals surface area contributed by atoms with Crippen LogP contribution in [0.5, 0.6) is 5.75 Å². The Hall–Kier alpha value is -2.06. The number of nitrogens with one attached hydrogen (secondary N) is 2. The Morgan fingerprint density at radius 3 is 2.54 bits per heavy atom. The molecular formula is C16H18Cl2F2N4O2. The summed E-state index contributed by atoms with van der Waals surface area (Å²) < 4.78 is 35.2. The second kappa shape index (κ2) is 9.05. The van der Waals surface area contributed by atoms with Crippen molar-refractivity contribution < 1.29 is 17.9 Å². The molecule has 142 valence electrons. The van der Waals surface area contributed by atoms with Gasteiger partial charge in [-0.05, 0) is 26.0 Å². The number of aryl methyl sites for hydroxylation is 2. The Morgan fingerprint density at radius 1 is 1.27 bits per heavy atom. The van der Waals surface area contributed by atoms with Crippen molar-refractivity contribution in [2.75, 3.05) is 7.05 Å². The summed E-state index contributed by atoms with van der Waals surface area (Å²) in [5, 5.41) is 6.30. The number of halogens is 4. The second-order valence-electron chi connectivity index (χ2n) is 5.28. The number of ether oxygens (including phenoxy) is 1. The van der Waals surface area contributed by atoms with Crippen LogP contribution < -0.4 is 15.4 Å². The van der Waals surface area contributed by atoms with Crippen molar-refractivity contribution in [2.45, 2.75) is 33.5 Å². The van der Waals surface area contributed by atoms with Gasteiger partial charge >= 0.3 is 6.61 Å². The van der Waals surface area contributed by atoms with Gasteiger partial charge in [0.05, 0.1) is 17.3 Å². The summed E-state index contributed by atoms with van der Waals surface area (Å²) >= 11 is 11.9. The molecule has 0 amide bonds. The molecular weight excluding hydrogens is 389 g/mol. The maximum atomic E-state index is 12.6. The molecule has 0 fully saturated rings. The smallest absolute Gasteiger partial charge is 0.387 e. The van der Waals surface area contributed by atoms with Gasteiger partial charge in [-0.2, -0.15) is 8.78 Å². The molecule has 1 aromatic heterocycles. The maximum absolute atomic E-state index is 12.6. The second-order valence-corrected chi connectivity index (χ2v) is 6.13. The van der Waals surface area contributed by atoms with E-state index in [1.54, 1.807) is 7.05 Å². The third-order valence-electron chi connectivity index (χ3n) is 3.44.